The Morgan fingerprint density at radius 3 is 1.30 bits per heavy atom. The maximum Gasteiger partial charge on any atom is 0.0808 e. The predicted octanol–water partition coefficient (Wildman–Crippen LogP) is 5.93. The zero-order valence-electron chi connectivity index (χ0n) is 16.6. The molecule has 0 aliphatic heterocycles. The molecule has 0 atom stereocenters. The second-order valence-electron chi connectivity index (χ2n) is 7.39. The molecule has 0 amide bonds. The van der Waals surface area contributed by atoms with Crippen LogP contribution in [0.2, 0.25) is 0 Å². The smallest absolute Gasteiger partial charge is 0.0808 e. The summed E-state index contributed by atoms with van der Waals surface area (Å²) in [6, 6.07) is 0. The molecule has 0 spiro atoms. The molecule has 0 unspecified atom stereocenters. The summed E-state index contributed by atoms with van der Waals surface area (Å²) < 4.78 is 1.21. The minimum atomic E-state index is 0.346. The SMILES string of the molecule is CCCCCCCCCCCCCC[N+](CC)(CC)CCCO. The van der Waals surface area contributed by atoms with Crippen molar-refractivity contribution in [3.05, 3.63) is 0 Å². The number of unbranched alkanes of at least 4 members (excludes halogenated alkanes) is 11. The average molecular weight is 329 g/mol. The van der Waals surface area contributed by atoms with Crippen molar-refractivity contribution in [1.29, 1.82) is 0 Å². The van der Waals surface area contributed by atoms with Gasteiger partial charge in [-0.3, -0.25) is 0 Å². The molecule has 0 aliphatic rings. The molecule has 0 fully saturated rings. The number of hydrogen-bond donors (Lipinski definition) is 1. The molecule has 2 heteroatoms. The summed E-state index contributed by atoms with van der Waals surface area (Å²) in [7, 11) is 0. The van der Waals surface area contributed by atoms with Crippen molar-refractivity contribution in [3.8, 4) is 0 Å². The van der Waals surface area contributed by atoms with Gasteiger partial charge in [0.25, 0.3) is 0 Å². The van der Waals surface area contributed by atoms with Crippen LogP contribution in [0.5, 0.6) is 0 Å². The highest BCUT2D eigenvalue weighted by Crippen LogP contribution is 2.14. The molecule has 0 aromatic carbocycles. The van der Waals surface area contributed by atoms with E-state index in [2.05, 4.69) is 20.8 Å². The molecule has 23 heavy (non-hydrogen) atoms. The number of rotatable bonds is 18. The van der Waals surface area contributed by atoms with Crippen LogP contribution in [0.1, 0.15) is 104 Å². The molecule has 0 bridgehead atoms. The average Bonchev–Trinajstić information content (AvgIpc) is 2.59. The van der Waals surface area contributed by atoms with Crippen molar-refractivity contribution in [1.82, 2.24) is 0 Å². The monoisotopic (exact) mass is 328 g/mol. The second-order valence-corrected chi connectivity index (χ2v) is 7.39. The second kappa shape index (κ2) is 16.8. The molecule has 0 saturated heterocycles. The van der Waals surface area contributed by atoms with Crippen LogP contribution in [-0.4, -0.2) is 42.4 Å². The van der Waals surface area contributed by atoms with Gasteiger partial charge in [-0.25, -0.2) is 0 Å². The van der Waals surface area contributed by atoms with Crippen LogP contribution in [0.15, 0.2) is 0 Å². The lowest BCUT2D eigenvalue weighted by atomic mass is 10.0. The lowest BCUT2D eigenvalue weighted by molar-refractivity contribution is -0.925. The maximum absolute atomic E-state index is 9.08. The van der Waals surface area contributed by atoms with Gasteiger partial charge in [0.05, 0.1) is 26.2 Å². The van der Waals surface area contributed by atoms with Crippen LogP contribution < -0.4 is 0 Å². The van der Waals surface area contributed by atoms with Gasteiger partial charge in [0.1, 0.15) is 0 Å². The molecule has 0 aliphatic carbocycles. The topological polar surface area (TPSA) is 20.2 Å². The number of nitrogens with zero attached hydrogens (tertiary/aromatic N) is 1. The van der Waals surface area contributed by atoms with Crippen LogP contribution in [0.3, 0.4) is 0 Å². The van der Waals surface area contributed by atoms with E-state index in [1.54, 1.807) is 0 Å². The summed E-state index contributed by atoms with van der Waals surface area (Å²) in [5.41, 5.74) is 0. The van der Waals surface area contributed by atoms with Gasteiger partial charge in [-0.05, 0) is 26.7 Å². The first-order chi connectivity index (χ1) is 11.2. The van der Waals surface area contributed by atoms with E-state index in [1.165, 1.54) is 101 Å². The minimum absolute atomic E-state index is 0.346. The lowest BCUT2D eigenvalue weighted by Crippen LogP contribution is -2.49. The predicted molar refractivity (Wildman–Crippen MR) is 104 cm³/mol. The Morgan fingerprint density at radius 1 is 0.522 bits per heavy atom. The number of aliphatic hydroxyl groups is 1. The van der Waals surface area contributed by atoms with Crippen molar-refractivity contribution >= 4 is 0 Å². The molecule has 0 aromatic heterocycles. The van der Waals surface area contributed by atoms with Crippen LogP contribution in [0.25, 0.3) is 0 Å². The number of hydrogen-bond acceptors (Lipinski definition) is 1. The van der Waals surface area contributed by atoms with Crippen molar-refractivity contribution in [2.24, 2.45) is 0 Å². The first kappa shape index (κ1) is 22.9. The highest BCUT2D eigenvalue weighted by atomic mass is 16.3. The first-order valence-corrected chi connectivity index (χ1v) is 10.7. The quantitative estimate of drug-likeness (QED) is 0.244. The van der Waals surface area contributed by atoms with Crippen molar-refractivity contribution in [2.45, 2.75) is 104 Å². The normalized spacial score (nSPS) is 12.0. The number of aliphatic hydroxyl groups excluding tert-OH is 1. The van der Waals surface area contributed by atoms with Gasteiger partial charge in [-0.2, -0.15) is 0 Å². The third-order valence-corrected chi connectivity index (χ3v) is 5.62. The standard InChI is InChI=1S/C21H46NO/c1-4-7-8-9-10-11-12-13-14-15-16-17-19-22(5-2,6-3)20-18-21-23/h23H,4-21H2,1-3H3/q+1. The van der Waals surface area contributed by atoms with Crippen LogP contribution >= 0.6 is 0 Å². The molecular weight excluding hydrogens is 282 g/mol. The zero-order chi connectivity index (χ0) is 17.2. The molecule has 0 rings (SSSR count). The van der Waals surface area contributed by atoms with Gasteiger partial charge in [0.15, 0.2) is 0 Å². The molecule has 140 valence electrons. The molecule has 0 radical (unpaired) electrons. The minimum Gasteiger partial charge on any atom is -0.396 e. The molecule has 0 aromatic rings. The van der Waals surface area contributed by atoms with Crippen molar-refractivity contribution in [3.63, 3.8) is 0 Å². The molecule has 0 heterocycles. The van der Waals surface area contributed by atoms with E-state index in [9.17, 15) is 0 Å². The maximum atomic E-state index is 9.08. The summed E-state index contributed by atoms with van der Waals surface area (Å²) in [5, 5.41) is 9.08. The van der Waals surface area contributed by atoms with Crippen LogP contribution in [0, 0.1) is 0 Å². The van der Waals surface area contributed by atoms with E-state index >= 15 is 0 Å². The van der Waals surface area contributed by atoms with Crippen LogP contribution in [-0.2, 0) is 0 Å². The first-order valence-electron chi connectivity index (χ1n) is 10.7. The third kappa shape index (κ3) is 12.9. The fourth-order valence-corrected chi connectivity index (χ4v) is 3.66. The highest BCUT2D eigenvalue weighted by Gasteiger charge is 2.21. The fourth-order valence-electron chi connectivity index (χ4n) is 3.66. The zero-order valence-corrected chi connectivity index (χ0v) is 16.6. The summed E-state index contributed by atoms with van der Waals surface area (Å²) in [4.78, 5) is 0. The number of quaternary nitrogens is 1. The van der Waals surface area contributed by atoms with Crippen LogP contribution in [0.4, 0.5) is 0 Å². The Balaban J connectivity index is 3.46. The summed E-state index contributed by atoms with van der Waals surface area (Å²) in [5.74, 6) is 0. The van der Waals surface area contributed by atoms with Gasteiger partial charge >= 0.3 is 0 Å². The molecule has 0 saturated carbocycles. The van der Waals surface area contributed by atoms with E-state index in [0.29, 0.717) is 6.61 Å². The van der Waals surface area contributed by atoms with Gasteiger partial charge in [0, 0.05) is 13.0 Å². The van der Waals surface area contributed by atoms with Gasteiger partial charge in [-0.15, -0.1) is 0 Å². The lowest BCUT2D eigenvalue weighted by Gasteiger charge is -2.37. The Morgan fingerprint density at radius 2 is 0.913 bits per heavy atom. The largest absolute Gasteiger partial charge is 0.396 e. The van der Waals surface area contributed by atoms with E-state index in [-0.39, 0.29) is 0 Å². The van der Waals surface area contributed by atoms with E-state index in [4.69, 9.17) is 5.11 Å². The Hall–Kier alpha value is -0.0800. The molecule has 1 N–H and O–H groups in total. The van der Waals surface area contributed by atoms with E-state index in [1.807, 2.05) is 0 Å². The fraction of sp³-hybridized carbons (Fsp3) is 1.00. The molecular formula is C21H46NO+. The van der Waals surface area contributed by atoms with Gasteiger partial charge < -0.3 is 9.59 Å². The summed E-state index contributed by atoms with van der Waals surface area (Å²) in [6.07, 6.45) is 18.1. The summed E-state index contributed by atoms with van der Waals surface area (Å²) in [6.45, 7) is 12.1. The third-order valence-electron chi connectivity index (χ3n) is 5.62. The summed E-state index contributed by atoms with van der Waals surface area (Å²) >= 11 is 0. The van der Waals surface area contributed by atoms with Crippen molar-refractivity contribution < 1.29 is 9.59 Å². The Labute approximate surface area is 147 Å². The Kier molecular flexibility index (Phi) is 16.7. The van der Waals surface area contributed by atoms with Gasteiger partial charge in [0.2, 0.25) is 0 Å². The van der Waals surface area contributed by atoms with E-state index in [0.717, 1.165) is 13.0 Å². The molecule has 2 nitrogen and oxygen atoms in total. The van der Waals surface area contributed by atoms with Crippen molar-refractivity contribution in [2.75, 3.05) is 32.8 Å². The Bertz CT molecular complexity index is 226. The highest BCUT2D eigenvalue weighted by molar-refractivity contribution is 4.50. The van der Waals surface area contributed by atoms with Gasteiger partial charge in [-0.1, -0.05) is 71.1 Å². The van der Waals surface area contributed by atoms with E-state index < -0.39 is 0 Å².